The van der Waals surface area contributed by atoms with Gasteiger partial charge < -0.3 is 24.4 Å². The van der Waals surface area contributed by atoms with Crippen LogP contribution in [0.4, 0.5) is 5.69 Å². The number of Topliss-reactive ketones (excluding diaryl/α,β-unsaturated/α-hetero) is 1. The number of nitrogens with zero attached hydrogens (tertiary/aromatic N) is 2. The van der Waals surface area contributed by atoms with Gasteiger partial charge in [0.2, 0.25) is 0 Å². The van der Waals surface area contributed by atoms with Gasteiger partial charge in [-0.2, -0.15) is 0 Å². The Labute approximate surface area is 182 Å². The Morgan fingerprint density at radius 2 is 1.74 bits per heavy atom. The molecule has 0 aromatic heterocycles. The maximum atomic E-state index is 13.0. The fraction of sp³-hybridized carbons (Fsp3) is 0.333. The lowest BCUT2D eigenvalue weighted by atomic mass is 9.94. The number of ketones is 1. The van der Waals surface area contributed by atoms with Gasteiger partial charge >= 0.3 is 0 Å². The number of ether oxygens (including phenoxy) is 2. The molecule has 1 amide bonds. The van der Waals surface area contributed by atoms with E-state index in [1.807, 2.05) is 50.2 Å². The molecule has 0 spiro atoms. The summed E-state index contributed by atoms with van der Waals surface area (Å²) in [7, 11) is 6.88. The fourth-order valence-electron chi connectivity index (χ4n) is 3.79. The summed E-state index contributed by atoms with van der Waals surface area (Å²) < 4.78 is 10.6. The number of rotatable bonds is 7. The molecule has 2 aromatic rings. The van der Waals surface area contributed by atoms with E-state index in [0.29, 0.717) is 30.0 Å². The Morgan fingerprint density at radius 1 is 1.06 bits per heavy atom. The molecule has 31 heavy (non-hydrogen) atoms. The van der Waals surface area contributed by atoms with Crippen molar-refractivity contribution in [2.24, 2.45) is 0 Å². The highest BCUT2D eigenvalue weighted by atomic mass is 16.5. The predicted molar refractivity (Wildman–Crippen MR) is 120 cm³/mol. The number of aliphatic hydroxyl groups is 1. The van der Waals surface area contributed by atoms with Crippen molar-refractivity contribution in [1.29, 1.82) is 0 Å². The van der Waals surface area contributed by atoms with Gasteiger partial charge in [-0.15, -0.1) is 0 Å². The average Bonchev–Trinajstić information content (AvgIpc) is 3.03. The first-order chi connectivity index (χ1) is 14.8. The maximum absolute atomic E-state index is 13.0. The van der Waals surface area contributed by atoms with E-state index in [4.69, 9.17) is 9.47 Å². The molecule has 1 atom stereocenters. The van der Waals surface area contributed by atoms with Crippen LogP contribution in [0.3, 0.4) is 0 Å². The first kappa shape index (κ1) is 22.2. The second-order valence-electron chi connectivity index (χ2n) is 7.54. The Morgan fingerprint density at radius 3 is 2.29 bits per heavy atom. The van der Waals surface area contributed by atoms with Gasteiger partial charge in [0.05, 0.1) is 31.4 Å². The van der Waals surface area contributed by atoms with Gasteiger partial charge in [-0.3, -0.25) is 9.59 Å². The van der Waals surface area contributed by atoms with Crippen molar-refractivity contribution in [3.8, 4) is 11.5 Å². The Balaban J connectivity index is 2.19. The van der Waals surface area contributed by atoms with E-state index in [1.54, 1.807) is 18.2 Å². The molecule has 1 aliphatic heterocycles. The van der Waals surface area contributed by atoms with Gasteiger partial charge in [0.15, 0.2) is 0 Å². The van der Waals surface area contributed by atoms with Crippen LogP contribution in [0.25, 0.3) is 5.76 Å². The van der Waals surface area contributed by atoms with Crippen LogP contribution < -0.4 is 14.4 Å². The van der Waals surface area contributed by atoms with E-state index < -0.39 is 17.7 Å². The zero-order chi connectivity index (χ0) is 22.7. The van der Waals surface area contributed by atoms with E-state index in [-0.39, 0.29) is 11.3 Å². The summed E-state index contributed by atoms with van der Waals surface area (Å²) in [6.45, 7) is 2.35. The van der Waals surface area contributed by atoms with Crippen molar-refractivity contribution in [3.63, 3.8) is 0 Å². The first-order valence-corrected chi connectivity index (χ1v) is 10.1. The number of amides is 1. The smallest absolute Gasteiger partial charge is 0.295 e. The highest BCUT2D eigenvalue weighted by Crippen LogP contribution is 2.41. The van der Waals surface area contributed by atoms with Gasteiger partial charge in [-0.05, 0) is 36.2 Å². The van der Waals surface area contributed by atoms with E-state index in [0.717, 1.165) is 11.3 Å². The minimum Gasteiger partial charge on any atom is -0.507 e. The highest BCUT2D eigenvalue weighted by Gasteiger charge is 2.45. The topological polar surface area (TPSA) is 79.3 Å². The molecule has 1 fully saturated rings. The summed E-state index contributed by atoms with van der Waals surface area (Å²) in [5.41, 5.74) is 2.13. The predicted octanol–water partition coefficient (Wildman–Crippen LogP) is 3.60. The monoisotopic (exact) mass is 424 g/mol. The molecule has 1 saturated heterocycles. The molecule has 1 aliphatic rings. The van der Waals surface area contributed by atoms with Crippen molar-refractivity contribution in [1.82, 2.24) is 4.90 Å². The van der Waals surface area contributed by atoms with Crippen molar-refractivity contribution in [3.05, 3.63) is 59.2 Å². The summed E-state index contributed by atoms with van der Waals surface area (Å²) in [4.78, 5) is 29.3. The number of benzene rings is 2. The molecule has 0 radical (unpaired) electrons. The van der Waals surface area contributed by atoms with Crippen LogP contribution in [-0.4, -0.2) is 56.6 Å². The second kappa shape index (κ2) is 9.12. The molecule has 0 bridgehead atoms. The number of carbonyl (C=O) groups is 2. The molecule has 3 rings (SSSR count). The summed E-state index contributed by atoms with van der Waals surface area (Å²) in [5, 5.41) is 11.2. The quantitative estimate of drug-likeness (QED) is 0.416. The molecular formula is C24H28N2O5. The van der Waals surface area contributed by atoms with Crippen LogP contribution in [0, 0.1) is 0 Å². The lowest BCUT2D eigenvalue weighted by molar-refractivity contribution is -0.139. The summed E-state index contributed by atoms with van der Waals surface area (Å²) >= 11 is 0. The molecule has 1 unspecified atom stereocenters. The minimum absolute atomic E-state index is 0.0551. The zero-order valence-corrected chi connectivity index (χ0v) is 18.5. The number of hydrogen-bond donors (Lipinski definition) is 1. The van der Waals surface area contributed by atoms with Gasteiger partial charge in [0.1, 0.15) is 17.3 Å². The van der Waals surface area contributed by atoms with Crippen molar-refractivity contribution in [2.45, 2.75) is 19.4 Å². The number of hydrogen-bond acceptors (Lipinski definition) is 6. The molecule has 164 valence electrons. The molecular weight excluding hydrogens is 396 g/mol. The number of anilines is 1. The van der Waals surface area contributed by atoms with Crippen LogP contribution >= 0.6 is 0 Å². The van der Waals surface area contributed by atoms with Gasteiger partial charge in [-0.25, -0.2) is 0 Å². The van der Waals surface area contributed by atoms with Crippen molar-refractivity contribution < 1.29 is 24.2 Å². The van der Waals surface area contributed by atoms with E-state index >= 15 is 0 Å². The Hall–Kier alpha value is -3.48. The van der Waals surface area contributed by atoms with E-state index in [9.17, 15) is 14.7 Å². The lowest BCUT2D eigenvalue weighted by Gasteiger charge is -2.25. The summed E-state index contributed by atoms with van der Waals surface area (Å²) in [6, 6.07) is 11.8. The Kier molecular flexibility index (Phi) is 6.53. The third-order valence-corrected chi connectivity index (χ3v) is 5.39. The molecule has 2 aromatic carbocycles. The number of likely N-dealkylation sites (tertiary alicyclic amines) is 1. The van der Waals surface area contributed by atoms with Crippen LogP contribution in [0.2, 0.25) is 0 Å². The second-order valence-corrected chi connectivity index (χ2v) is 7.54. The van der Waals surface area contributed by atoms with Crippen LogP contribution in [0.5, 0.6) is 11.5 Å². The van der Waals surface area contributed by atoms with Gasteiger partial charge in [0, 0.05) is 32.4 Å². The van der Waals surface area contributed by atoms with E-state index in [1.165, 1.54) is 19.1 Å². The first-order valence-electron chi connectivity index (χ1n) is 10.1. The summed E-state index contributed by atoms with van der Waals surface area (Å²) in [5.74, 6) is -0.683. The SMILES string of the molecule is CCCN1C(=O)C(=O)/C(=C(\O)c2ccc(OC)cc2OC)C1c1ccc(N(C)C)cc1. The number of methoxy groups -OCH3 is 2. The standard InChI is InChI=1S/C24H28N2O5/c1-6-13-26-21(15-7-9-16(10-8-15)25(2)3)20(23(28)24(26)29)22(27)18-12-11-17(30-4)14-19(18)31-5/h7-12,14,21,27H,6,13H2,1-5H3/b22-20-. The van der Waals surface area contributed by atoms with E-state index in [2.05, 4.69) is 0 Å². The van der Waals surface area contributed by atoms with Crippen molar-refractivity contribution >= 4 is 23.1 Å². The highest BCUT2D eigenvalue weighted by molar-refractivity contribution is 6.46. The van der Waals surface area contributed by atoms with Gasteiger partial charge in [0.25, 0.3) is 11.7 Å². The molecule has 7 nitrogen and oxygen atoms in total. The number of carbonyl (C=O) groups excluding carboxylic acids is 2. The zero-order valence-electron chi connectivity index (χ0n) is 18.5. The average molecular weight is 424 g/mol. The molecule has 7 heteroatoms. The summed E-state index contributed by atoms with van der Waals surface area (Å²) in [6.07, 6.45) is 0.686. The van der Waals surface area contributed by atoms with Gasteiger partial charge in [-0.1, -0.05) is 19.1 Å². The normalized spacial score (nSPS) is 17.7. The third-order valence-electron chi connectivity index (χ3n) is 5.39. The molecule has 1 heterocycles. The molecule has 0 aliphatic carbocycles. The Bertz CT molecular complexity index is 1010. The van der Waals surface area contributed by atoms with Crippen molar-refractivity contribution in [2.75, 3.05) is 39.8 Å². The number of aliphatic hydroxyl groups excluding tert-OH is 1. The minimum atomic E-state index is -0.703. The van der Waals surface area contributed by atoms with Crippen LogP contribution in [-0.2, 0) is 9.59 Å². The molecule has 1 N–H and O–H groups in total. The lowest BCUT2D eigenvalue weighted by Crippen LogP contribution is -2.30. The molecule has 0 saturated carbocycles. The maximum Gasteiger partial charge on any atom is 0.295 e. The fourth-order valence-corrected chi connectivity index (χ4v) is 3.79. The largest absolute Gasteiger partial charge is 0.507 e. The van der Waals surface area contributed by atoms with Crippen LogP contribution in [0.1, 0.15) is 30.5 Å². The third kappa shape index (κ3) is 4.08. The van der Waals surface area contributed by atoms with Crippen LogP contribution in [0.15, 0.2) is 48.0 Å².